The van der Waals surface area contributed by atoms with Crippen molar-refractivity contribution in [3.05, 3.63) is 29.6 Å². The molecule has 6 nitrogen and oxygen atoms in total. The molecule has 0 radical (unpaired) electrons. The summed E-state index contributed by atoms with van der Waals surface area (Å²) in [6.07, 6.45) is 3.23. The third-order valence-corrected chi connectivity index (χ3v) is 3.44. The van der Waals surface area contributed by atoms with Crippen LogP contribution in [0.4, 0.5) is 0 Å². The van der Waals surface area contributed by atoms with Gasteiger partial charge in [0.15, 0.2) is 0 Å². The van der Waals surface area contributed by atoms with Crippen molar-refractivity contribution in [3.8, 4) is 0 Å². The Hall–Kier alpha value is -1.95. The van der Waals surface area contributed by atoms with Crippen molar-refractivity contribution in [1.82, 2.24) is 15.2 Å². The molecule has 2 heterocycles. The molecule has 1 aliphatic rings. The highest BCUT2D eigenvalue weighted by Gasteiger charge is 2.20. The Labute approximate surface area is 124 Å². The van der Waals surface area contributed by atoms with Gasteiger partial charge in [0.1, 0.15) is 11.4 Å². The third-order valence-electron chi connectivity index (χ3n) is 3.44. The molecule has 0 aromatic carbocycles. The number of carbonyl (C=O) groups excluding carboxylic acids is 2. The average molecular weight is 291 g/mol. The van der Waals surface area contributed by atoms with E-state index in [2.05, 4.69) is 10.3 Å². The highest BCUT2D eigenvalue weighted by molar-refractivity contribution is 5.96. The van der Waals surface area contributed by atoms with Gasteiger partial charge in [0, 0.05) is 26.7 Å². The third kappa shape index (κ3) is 4.26. The number of hydrogen-bond donors (Lipinski definition) is 1. The number of methoxy groups -OCH3 is 1. The van der Waals surface area contributed by atoms with E-state index in [1.165, 1.54) is 6.42 Å². The van der Waals surface area contributed by atoms with E-state index in [1.807, 2.05) is 0 Å². The van der Waals surface area contributed by atoms with Crippen molar-refractivity contribution in [1.29, 1.82) is 0 Å². The van der Waals surface area contributed by atoms with Crippen LogP contribution in [0.5, 0.6) is 0 Å². The van der Waals surface area contributed by atoms with Crippen molar-refractivity contribution in [3.63, 3.8) is 0 Å². The number of amides is 2. The lowest BCUT2D eigenvalue weighted by molar-refractivity contribution is 0.0718. The zero-order valence-electron chi connectivity index (χ0n) is 12.3. The largest absolute Gasteiger partial charge is 0.383 e. The Kier molecular flexibility index (Phi) is 5.68. The van der Waals surface area contributed by atoms with Crippen LogP contribution in [0.3, 0.4) is 0 Å². The summed E-state index contributed by atoms with van der Waals surface area (Å²) < 4.78 is 4.87. The van der Waals surface area contributed by atoms with Gasteiger partial charge in [-0.15, -0.1) is 0 Å². The molecule has 1 N–H and O–H groups in total. The molecule has 1 saturated heterocycles. The smallest absolute Gasteiger partial charge is 0.272 e. The predicted octanol–water partition coefficient (Wildman–Crippen LogP) is 1.08. The lowest BCUT2D eigenvalue weighted by atomic mass is 10.1. The Bertz CT molecular complexity index is 499. The number of aromatic nitrogens is 1. The predicted molar refractivity (Wildman–Crippen MR) is 78.2 cm³/mol. The summed E-state index contributed by atoms with van der Waals surface area (Å²) in [5, 5.41) is 2.69. The van der Waals surface area contributed by atoms with Crippen molar-refractivity contribution < 1.29 is 14.3 Å². The monoisotopic (exact) mass is 291 g/mol. The maximum atomic E-state index is 12.3. The molecule has 0 aliphatic carbocycles. The molecule has 21 heavy (non-hydrogen) atoms. The second kappa shape index (κ2) is 7.73. The minimum atomic E-state index is -0.291. The first-order valence-electron chi connectivity index (χ1n) is 7.26. The molecule has 1 aromatic rings. The van der Waals surface area contributed by atoms with Gasteiger partial charge in [-0.2, -0.15) is 0 Å². The molecule has 0 bridgehead atoms. The van der Waals surface area contributed by atoms with Crippen LogP contribution >= 0.6 is 0 Å². The summed E-state index contributed by atoms with van der Waals surface area (Å²) in [5.74, 6) is -0.387. The first-order chi connectivity index (χ1) is 10.2. The molecule has 1 fully saturated rings. The normalized spacial score (nSPS) is 14.8. The number of hydrogen-bond acceptors (Lipinski definition) is 4. The minimum absolute atomic E-state index is 0.0961. The molecule has 0 unspecified atom stereocenters. The molecule has 0 saturated carbocycles. The molecule has 2 rings (SSSR count). The van der Waals surface area contributed by atoms with E-state index < -0.39 is 0 Å². The SMILES string of the molecule is COCCNC(=O)c1cccc(C(=O)N2CCCCC2)n1. The quantitative estimate of drug-likeness (QED) is 0.824. The molecule has 114 valence electrons. The number of pyridine rings is 1. The first-order valence-corrected chi connectivity index (χ1v) is 7.26. The van der Waals surface area contributed by atoms with Crippen LogP contribution in [0, 0.1) is 0 Å². The van der Waals surface area contributed by atoms with E-state index in [0.29, 0.717) is 18.8 Å². The molecular formula is C15H21N3O3. The lowest BCUT2D eigenvalue weighted by Gasteiger charge is -2.26. The minimum Gasteiger partial charge on any atom is -0.383 e. The molecular weight excluding hydrogens is 270 g/mol. The summed E-state index contributed by atoms with van der Waals surface area (Å²) in [6, 6.07) is 4.95. The van der Waals surface area contributed by atoms with Gasteiger partial charge < -0.3 is 15.0 Å². The fourth-order valence-corrected chi connectivity index (χ4v) is 2.30. The fourth-order valence-electron chi connectivity index (χ4n) is 2.30. The van der Waals surface area contributed by atoms with Crippen molar-refractivity contribution >= 4 is 11.8 Å². The lowest BCUT2D eigenvalue weighted by Crippen LogP contribution is -2.36. The van der Waals surface area contributed by atoms with Crippen LogP contribution < -0.4 is 5.32 Å². The number of likely N-dealkylation sites (tertiary alicyclic amines) is 1. The maximum Gasteiger partial charge on any atom is 0.272 e. The van der Waals surface area contributed by atoms with Gasteiger partial charge in [-0.25, -0.2) is 4.98 Å². The second-order valence-electron chi connectivity index (χ2n) is 5.01. The van der Waals surface area contributed by atoms with Crippen molar-refractivity contribution in [2.75, 3.05) is 33.4 Å². The van der Waals surface area contributed by atoms with E-state index in [0.717, 1.165) is 25.9 Å². The Morgan fingerprint density at radius 2 is 1.95 bits per heavy atom. The molecule has 1 aromatic heterocycles. The van der Waals surface area contributed by atoms with Gasteiger partial charge in [0.05, 0.1) is 6.61 Å². The Morgan fingerprint density at radius 1 is 1.24 bits per heavy atom. The van der Waals surface area contributed by atoms with Crippen LogP contribution in [0.2, 0.25) is 0 Å². The van der Waals surface area contributed by atoms with Gasteiger partial charge in [-0.1, -0.05) is 6.07 Å². The second-order valence-corrected chi connectivity index (χ2v) is 5.01. The summed E-state index contributed by atoms with van der Waals surface area (Å²) in [5.41, 5.74) is 0.588. The number of nitrogens with one attached hydrogen (secondary N) is 1. The number of rotatable bonds is 5. The van der Waals surface area contributed by atoms with Gasteiger partial charge in [0.2, 0.25) is 0 Å². The summed E-state index contributed by atoms with van der Waals surface area (Å²) >= 11 is 0. The number of carbonyl (C=O) groups is 2. The van der Waals surface area contributed by atoms with E-state index in [4.69, 9.17) is 4.74 Å². The molecule has 6 heteroatoms. The number of ether oxygens (including phenoxy) is 1. The summed E-state index contributed by atoms with van der Waals surface area (Å²) in [4.78, 5) is 30.2. The fraction of sp³-hybridized carbons (Fsp3) is 0.533. The standard InChI is InChI=1S/C15H21N3O3/c1-21-11-8-16-14(19)12-6-5-7-13(17-12)15(20)18-9-3-2-4-10-18/h5-7H,2-4,8-11H2,1H3,(H,16,19). The molecule has 0 atom stereocenters. The highest BCUT2D eigenvalue weighted by atomic mass is 16.5. The summed E-state index contributed by atoms with van der Waals surface area (Å²) in [7, 11) is 1.57. The van der Waals surface area contributed by atoms with Crippen LogP contribution in [0.25, 0.3) is 0 Å². The highest BCUT2D eigenvalue weighted by Crippen LogP contribution is 2.12. The van der Waals surface area contributed by atoms with E-state index in [1.54, 1.807) is 30.2 Å². The van der Waals surface area contributed by atoms with Crippen LogP contribution in [-0.2, 0) is 4.74 Å². The Morgan fingerprint density at radius 3 is 2.67 bits per heavy atom. The average Bonchev–Trinajstić information content (AvgIpc) is 2.55. The topological polar surface area (TPSA) is 71.5 Å². The van der Waals surface area contributed by atoms with E-state index in [-0.39, 0.29) is 17.5 Å². The zero-order valence-corrected chi connectivity index (χ0v) is 12.3. The molecule has 1 aliphatic heterocycles. The van der Waals surface area contributed by atoms with Gasteiger partial charge in [0.25, 0.3) is 11.8 Å². The maximum absolute atomic E-state index is 12.3. The van der Waals surface area contributed by atoms with E-state index in [9.17, 15) is 9.59 Å². The van der Waals surface area contributed by atoms with Crippen LogP contribution in [0.1, 0.15) is 40.2 Å². The van der Waals surface area contributed by atoms with E-state index >= 15 is 0 Å². The molecule has 0 spiro atoms. The Balaban J connectivity index is 2.02. The van der Waals surface area contributed by atoms with Gasteiger partial charge in [-0.05, 0) is 31.4 Å². The van der Waals surface area contributed by atoms with Gasteiger partial charge in [-0.3, -0.25) is 9.59 Å². The number of nitrogens with zero attached hydrogens (tertiary/aromatic N) is 2. The molecule has 2 amide bonds. The first kappa shape index (κ1) is 15.4. The van der Waals surface area contributed by atoms with Crippen LogP contribution in [0.15, 0.2) is 18.2 Å². The van der Waals surface area contributed by atoms with Crippen molar-refractivity contribution in [2.45, 2.75) is 19.3 Å². The van der Waals surface area contributed by atoms with Crippen LogP contribution in [-0.4, -0.2) is 55.0 Å². The number of piperidine rings is 1. The van der Waals surface area contributed by atoms with Gasteiger partial charge >= 0.3 is 0 Å². The van der Waals surface area contributed by atoms with Crippen molar-refractivity contribution in [2.24, 2.45) is 0 Å². The summed E-state index contributed by atoms with van der Waals surface area (Å²) in [6.45, 7) is 2.40. The zero-order chi connectivity index (χ0) is 15.1.